The van der Waals surface area contributed by atoms with Gasteiger partial charge in [0.05, 0.1) is 11.0 Å². The molecule has 2 heteroatoms. The van der Waals surface area contributed by atoms with E-state index in [1.807, 2.05) is 0 Å². The van der Waals surface area contributed by atoms with E-state index in [2.05, 4.69) is 131 Å². The monoisotopic (exact) mass is 412 g/mol. The lowest BCUT2D eigenvalue weighted by atomic mass is 10.0. The van der Waals surface area contributed by atoms with Crippen LogP contribution in [0, 0.1) is 0 Å². The Hall–Kier alpha value is -4.04. The molecule has 0 aliphatic heterocycles. The summed E-state index contributed by atoms with van der Waals surface area (Å²) < 4.78 is 4.63. The zero-order valence-corrected chi connectivity index (χ0v) is 17.9. The van der Waals surface area contributed by atoms with Crippen molar-refractivity contribution >= 4 is 21.8 Å². The van der Waals surface area contributed by atoms with Crippen molar-refractivity contribution < 1.29 is 0 Å². The molecule has 0 aliphatic carbocycles. The number of benzene rings is 4. The summed E-state index contributed by atoms with van der Waals surface area (Å²) in [6.07, 6.45) is 6.64. The van der Waals surface area contributed by atoms with Crippen LogP contribution >= 0.6 is 0 Å². The molecule has 6 rings (SSSR count). The summed E-state index contributed by atoms with van der Waals surface area (Å²) in [4.78, 5) is 0. The number of rotatable bonds is 5. The van der Waals surface area contributed by atoms with Gasteiger partial charge >= 0.3 is 0 Å². The standard InChI is InChI=1S/C30H24N2/c1-3-11-25(12-4-1)31-21-23(27-15-7-9-17-29(27)31)19-20-24-22-32(26-13-5-2-6-14-26)30-18-10-8-16-28(24)30/h1-18,21-22H,19-20H2. The third-order valence-corrected chi connectivity index (χ3v) is 6.32. The van der Waals surface area contributed by atoms with Crippen molar-refractivity contribution in [2.75, 3.05) is 0 Å². The number of aromatic nitrogens is 2. The second-order valence-electron chi connectivity index (χ2n) is 8.25. The highest BCUT2D eigenvalue weighted by atomic mass is 15.0. The van der Waals surface area contributed by atoms with Crippen molar-refractivity contribution in [1.29, 1.82) is 0 Å². The summed E-state index contributed by atoms with van der Waals surface area (Å²) in [5.74, 6) is 0. The molecule has 0 aliphatic rings. The zero-order valence-electron chi connectivity index (χ0n) is 17.9. The molecule has 154 valence electrons. The predicted molar refractivity (Wildman–Crippen MR) is 134 cm³/mol. The van der Waals surface area contributed by atoms with Gasteiger partial charge < -0.3 is 9.13 Å². The highest BCUT2D eigenvalue weighted by molar-refractivity contribution is 5.87. The number of hydrogen-bond acceptors (Lipinski definition) is 0. The Morgan fingerprint density at radius 2 is 0.781 bits per heavy atom. The summed E-state index contributed by atoms with van der Waals surface area (Å²) in [6, 6.07) is 38.7. The first-order valence-corrected chi connectivity index (χ1v) is 11.2. The van der Waals surface area contributed by atoms with E-state index in [1.54, 1.807) is 0 Å². The average Bonchev–Trinajstić information content (AvgIpc) is 3.43. The van der Waals surface area contributed by atoms with Gasteiger partial charge in [0.2, 0.25) is 0 Å². The minimum Gasteiger partial charge on any atom is -0.316 e. The zero-order chi connectivity index (χ0) is 21.3. The topological polar surface area (TPSA) is 9.86 Å². The van der Waals surface area contributed by atoms with Gasteiger partial charge in [0.1, 0.15) is 0 Å². The van der Waals surface area contributed by atoms with Gasteiger partial charge in [0.25, 0.3) is 0 Å². The molecule has 0 saturated heterocycles. The highest BCUT2D eigenvalue weighted by Gasteiger charge is 2.13. The van der Waals surface area contributed by atoms with E-state index in [9.17, 15) is 0 Å². The largest absolute Gasteiger partial charge is 0.316 e. The Balaban J connectivity index is 1.39. The predicted octanol–water partition coefficient (Wildman–Crippen LogP) is 7.36. The first-order valence-electron chi connectivity index (χ1n) is 11.2. The molecule has 2 aromatic heterocycles. The van der Waals surface area contributed by atoms with Crippen molar-refractivity contribution in [2.24, 2.45) is 0 Å². The number of para-hydroxylation sites is 4. The first kappa shape index (κ1) is 18.7. The lowest BCUT2D eigenvalue weighted by Crippen LogP contribution is -1.92. The highest BCUT2D eigenvalue weighted by Crippen LogP contribution is 2.29. The van der Waals surface area contributed by atoms with E-state index in [-0.39, 0.29) is 0 Å². The number of nitrogens with zero attached hydrogens (tertiary/aromatic N) is 2. The lowest BCUT2D eigenvalue weighted by molar-refractivity contribution is 0.958. The molecule has 0 bridgehead atoms. The summed E-state index contributed by atoms with van der Waals surface area (Å²) in [7, 11) is 0. The Bertz CT molecular complexity index is 1390. The molecular weight excluding hydrogens is 388 g/mol. The summed E-state index contributed by atoms with van der Waals surface area (Å²) in [5.41, 5.74) is 7.72. The molecule has 0 saturated carbocycles. The van der Waals surface area contributed by atoms with Gasteiger partial charge in [-0.3, -0.25) is 0 Å². The first-order chi connectivity index (χ1) is 15.9. The van der Waals surface area contributed by atoms with Crippen LogP contribution < -0.4 is 0 Å². The van der Waals surface area contributed by atoms with E-state index in [4.69, 9.17) is 0 Å². The average molecular weight is 413 g/mol. The molecule has 2 nitrogen and oxygen atoms in total. The van der Waals surface area contributed by atoms with Crippen LogP contribution in [0.2, 0.25) is 0 Å². The van der Waals surface area contributed by atoms with Crippen LogP contribution in [0.3, 0.4) is 0 Å². The van der Waals surface area contributed by atoms with Gasteiger partial charge in [0, 0.05) is 34.5 Å². The molecule has 4 aromatic carbocycles. The SMILES string of the molecule is c1ccc(-n2cc(CCc3cn(-c4ccccc4)c4ccccc34)c3ccccc32)cc1. The van der Waals surface area contributed by atoms with E-state index in [1.165, 1.54) is 44.3 Å². The molecule has 0 spiro atoms. The molecule has 0 fully saturated rings. The van der Waals surface area contributed by atoms with Crippen molar-refractivity contribution in [2.45, 2.75) is 12.8 Å². The van der Waals surface area contributed by atoms with Crippen LogP contribution in [0.1, 0.15) is 11.1 Å². The van der Waals surface area contributed by atoms with Crippen LogP contribution in [0.5, 0.6) is 0 Å². The van der Waals surface area contributed by atoms with E-state index >= 15 is 0 Å². The van der Waals surface area contributed by atoms with E-state index in [0.717, 1.165) is 12.8 Å². The van der Waals surface area contributed by atoms with Crippen LogP contribution in [-0.2, 0) is 12.8 Å². The molecule has 0 N–H and O–H groups in total. The summed E-state index contributed by atoms with van der Waals surface area (Å²) >= 11 is 0. The Morgan fingerprint density at radius 3 is 1.22 bits per heavy atom. The van der Waals surface area contributed by atoms with Crippen molar-refractivity contribution in [3.63, 3.8) is 0 Å². The third-order valence-electron chi connectivity index (χ3n) is 6.32. The van der Waals surface area contributed by atoms with E-state index < -0.39 is 0 Å². The molecule has 0 unspecified atom stereocenters. The quantitative estimate of drug-likeness (QED) is 0.280. The van der Waals surface area contributed by atoms with Crippen LogP contribution in [0.15, 0.2) is 122 Å². The molecule has 2 heterocycles. The van der Waals surface area contributed by atoms with Crippen molar-refractivity contribution in [1.82, 2.24) is 9.13 Å². The van der Waals surface area contributed by atoms with Crippen LogP contribution in [0.25, 0.3) is 33.2 Å². The maximum atomic E-state index is 2.32. The Morgan fingerprint density at radius 1 is 0.406 bits per heavy atom. The van der Waals surface area contributed by atoms with Crippen LogP contribution in [-0.4, -0.2) is 9.13 Å². The molecule has 0 radical (unpaired) electrons. The summed E-state index contributed by atoms with van der Waals surface area (Å²) in [5, 5.41) is 2.67. The number of hydrogen-bond donors (Lipinski definition) is 0. The van der Waals surface area contributed by atoms with Gasteiger partial charge in [-0.05, 0) is 60.4 Å². The molecule has 0 atom stereocenters. The number of fused-ring (bicyclic) bond motifs is 2. The second kappa shape index (κ2) is 7.90. The van der Waals surface area contributed by atoms with Gasteiger partial charge in [-0.25, -0.2) is 0 Å². The number of aryl methyl sites for hydroxylation is 2. The maximum absolute atomic E-state index is 2.32. The van der Waals surface area contributed by atoms with Gasteiger partial charge in [-0.15, -0.1) is 0 Å². The molecule has 0 amide bonds. The van der Waals surface area contributed by atoms with Gasteiger partial charge in [-0.2, -0.15) is 0 Å². The minimum absolute atomic E-state index is 1.00. The van der Waals surface area contributed by atoms with Crippen LogP contribution in [0.4, 0.5) is 0 Å². The molecular formula is C30H24N2. The lowest BCUT2D eigenvalue weighted by Gasteiger charge is -2.04. The maximum Gasteiger partial charge on any atom is 0.0531 e. The van der Waals surface area contributed by atoms with E-state index in [0.29, 0.717) is 0 Å². The third kappa shape index (κ3) is 3.21. The second-order valence-corrected chi connectivity index (χ2v) is 8.25. The fourth-order valence-corrected chi connectivity index (χ4v) is 4.77. The normalized spacial score (nSPS) is 11.4. The fourth-order valence-electron chi connectivity index (χ4n) is 4.77. The smallest absolute Gasteiger partial charge is 0.0531 e. The molecule has 32 heavy (non-hydrogen) atoms. The van der Waals surface area contributed by atoms with Crippen molar-refractivity contribution in [3.8, 4) is 11.4 Å². The molecule has 6 aromatic rings. The summed E-state index contributed by atoms with van der Waals surface area (Å²) in [6.45, 7) is 0. The fraction of sp³-hybridized carbons (Fsp3) is 0.0667. The Labute approximate surface area is 188 Å². The minimum atomic E-state index is 1.00. The van der Waals surface area contributed by atoms with Crippen molar-refractivity contribution in [3.05, 3.63) is 133 Å². The Kier molecular flexibility index (Phi) is 4.62. The van der Waals surface area contributed by atoms with Gasteiger partial charge in [-0.1, -0.05) is 72.8 Å². The van der Waals surface area contributed by atoms with Gasteiger partial charge in [0.15, 0.2) is 0 Å².